The van der Waals surface area contributed by atoms with Crippen molar-refractivity contribution in [3.05, 3.63) is 46.7 Å². The fraction of sp³-hybridized carbons (Fsp3) is 0.400. The van der Waals surface area contributed by atoms with E-state index in [4.69, 9.17) is 11.6 Å². The van der Waals surface area contributed by atoms with Crippen molar-refractivity contribution in [3.63, 3.8) is 0 Å². The van der Waals surface area contributed by atoms with Crippen LogP contribution >= 0.6 is 11.3 Å². The smallest absolute Gasteiger partial charge is 0.406 e. The number of nitrogens with zero attached hydrogens (tertiary/aromatic N) is 3. The number of amides is 2. The van der Waals surface area contributed by atoms with Crippen LogP contribution in [-0.2, 0) is 22.4 Å². The molecule has 2 aromatic rings. The topological polar surface area (TPSA) is 148 Å². The number of nitrogens with two attached hydrogens (primary N) is 2. The maximum atomic E-state index is 14.3. The summed E-state index contributed by atoms with van der Waals surface area (Å²) in [6.45, 7) is -2.03. The number of hydrazine groups is 1. The molecular formula is C20H22F7N7O3S. The van der Waals surface area contributed by atoms with Crippen molar-refractivity contribution in [2.24, 2.45) is 11.6 Å². The lowest BCUT2D eigenvalue weighted by Crippen LogP contribution is -2.39. The number of carbonyl (C=O) groups excluding carboxylic acids is 2. The van der Waals surface area contributed by atoms with Crippen molar-refractivity contribution < 1.29 is 45.1 Å². The van der Waals surface area contributed by atoms with E-state index in [0.29, 0.717) is 10.0 Å². The highest BCUT2D eigenvalue weighted by molar-refractivity contribution is 7.15. The number of aromatic nitrogens is 2. The lowest BCUT2D eigenvalue weighted by molar-refractivity contribution is -0.274. The molecule has 1 aromatic heterocycles. The van der Waals surface area contributed by atoms with Crippen LogP contribution in [0.15, 0.2) is 36.2 Å². The zero-order chi connectivity index (χ0) is 28.5. The summed E-state index contributed by atoms with van der Waals surface area (Å²) in [7, 11) is 0. The van der Waals surface area contributed by atoms with Gasteiger partial charge in [0.15, 0.2) is 0 Å². The molecular weight excluding hydrogens is 551 g/mol. The highest BCUT2D eigenvalue weighted by Gasteiger charge is 2.31. The van der Waals surface area contributed by atoms with Gasteiger partial charge >= 0.3 is 12.5 Å². The number of carbonyl (C=O) groups is 2. The van der Waals surface area contributed by atoms with Gasteiger partial charge in [-0.3, -0.25) is 9.59 Å². The lowest BCUT2D eigenvalue weighted by Gasteiger charge is -2.17. The molecule has 1 atom stereocenters. The largest absolute Gasteiger partial charge is 0.573 e. The van der Waals surface area contributed by atoms with Crippen molar-refractivity contribution in [1.29, 1.82) is 0 Å². The van der Waals surface area contributed by atoms with Crippen LogP contribution in [0.5, 0.6) is 5.75 Å². The predicted molar refractivity (Wildman–Crippen MR) is 121 cm³/mol. The molecule has 2 rings (SSSR count). The van der Waals surface area contributed by atoms with Gasteiger partial charge in [0.25, 0.3) is 5.91 Å². The van der Waals surface area contributed by atoms with E-state index in [0.717, 1.165) is 29.7 Å². The minimum Gasteiger partial charge on any atom is -0.406 e. The van der Waals surface area contributed by atoms with Gasteiger partial charge in [0.1, 0.15) is 29.2 Å². The maximum absolute atomic E-state index is 14.3. The molecule has 1 unspecified atom stereocenters. The number of halogens is 7. The summed E-state index contributed by atoms with van der Waals surface area (Å²) in [5, 5.41) is 12.7. The number of ether oxygens (including phenoxy) is 1. The van der Waals surface area contributed by atoms with Crippen LogP contribution in [0, 0.1) is 0 Å². The summed E-state index contributed by atoms with van der Waals surface area (Å²) in [6, 6.07) is 4.90. The Labute approximate surface area is 214 Å². The summed E-state index contributed by atoms with van der Waals surface area (Å²) in [5.74, 6) is 3.25. The first kappa shape index (κ1) is 30.6. The van der Waals surface area contributed by atoms with Crippen molar-refractivity contribution in [1.82, 2.24) is 20.5 Å². The van der Waals surface area contributed by atoms with E-state index in [9.17, 15) is 40.3 Å². The first-order chi connectivity index (χ1) is 17.6. The maximum Gasteiger partial charge on any atom is 0.573 e. The van der Waals surface area contributed by atoms with E-state index in [2.05, 4.69) is 20.3 Å². The third kappa shape index (κ3) is 12.0. The van der Waals surface area contributed by atoms with E-state index in [1.807, 2.05) is 0 Å². The number of hydrogen-bond donors (Lipinski definition) is 4. The Morgan fingerprint density at radius 3 is 2.55 bits per heavy atom. The van der Waals surface area contributed by atoms with E-state index in [1.165, 1.54) is 12.1 Å². The molecule has 0 spiro atoms. The normalized spacial score (nSPS) is 13.1. The summed E-state index contributed by atoms with van der Waals surface area (Å²) < 4.78 is 91.4. The molecule has 0 bridgehead atoms. The Bertz CT molecular complexity index is 1120. The molecule has 0 saturated carbocycles. The molecule has 1 aromatic carbocycles. The zero-order valence-corrected chi connectivity index (χ0v) is 20.1. The quantitative estimate of drug-likeness (QED) is 0.131. The molecule has 0 saturated heterocycles. The van der Waals surface area contributed by atoms with Gasteiger partial charge < -0.3 is 26.1 Å². The van der Waals surface area contributed by atoms with E-state index >= 15 is 0 Å². The third-order valence-corrected chi connectivity index (χ3v) is 5.21. The second-order valence-corrected chi connectivity index (χ2v) is 8.70. The minimum atomic E-state index is -4.87. The second kappa shape index (κ2) is 13.2. The Kier molecular flexibility index (Phi) is 10.6. The van der Waals surface area contributed by atoms with Crippen molar-refractivity contribution in [3.8, 4) is 5.75 Å². The SMILES string of the molecule is N/C(=C\N(N)CC(F)CCc1nnc(NC(=O)Cc2cccc(OC(F)(F)F)c2)s1)C(=O)NCC(F)(F)F. The van der Waals surface area contributed by atoms with Crippen LogP contribution in [0.1, 0.15) is 17.0 Å². The number of nitrogens with one attached hydrogen (secondary N) is 2. The fourth-order valence-corrected chi connectivity index (χ4v) is 3.55. The molecule has 2 amide bonds. The molecule has 0 radical (unpaired) electrons. The van der Waals surface area contributed by atoms with Crippen molar-refractivity contribution in [2.75, 3.05) is 18.4 Å². The Hall–Kier alpha value is -3.67. The molecule has 0 fully saturated rings. The van der Waals surface area contributed by atoms with Gasteiger partial charge in [-0.1, -0.05) is 23.5 Å². The van der Waals surface area contributed by atoms with Gasteiger partial charge in [0, 0.05) is 12.6 Å². The molecule has 6 N–H and O–H groups in total. The molecule has 0 aliphatic carbocycles. The van der Waals surface area contributed by atoms with Crippen LogP contribution in [0.25, 0.3) is 0 Å². The van der Waals surface area contributed by atoms with Gasteiger partial charge in [-0.2, -0.15) is 13.2 Å². The van der Waals surface area contributed by atoms with E-state index in [-0.39, 0.29) is 30.0 Å². The standard InChI is InChI=1S/C20H22F7N7O3S/c21-12(8-34(29)9-14(28)17(36)30-10-19(22,23)24)4-5-16-32-33-18(38-16)31-15(35)7-11-2-1-3-13(6-11)37-20(25,26)27/h1-3,6,9,12H,4-5,7-8,10,28-29H2,(H,30,36)(H,31,33,35)/b14-9-. The monoisotopic (exact) mass is 573 g/mol. The van der Waals surface area contributed by atoms with Crippen molar-refractivity contribution in [2.45, 2.75) is 38.0 Å². The summed E-state index contributed by atoms with van der Waals surface area (Å²) in [6.07, 6.45) is -10.5. The van der Waals surface area contributed by atoms with E-state index < -0.39 is 55.1 Å². The number of aryl methyl sites for hydroxylation is 1. The van der Waals surface area contributed by atoms with Crippen molar-refractivity contribution >= 4 is 28.3 Å². The zero-order valence-electron chi connectivity index (χ0n) is 19.3. The molecule has 38 heavy (non-hydrogen) atoms. The highest BCUT2D eigenvalue weighted by Crippen LogP contribution is 2.24. The number of alkyl halides is 7. The van der Waals surface area contributed by atoms with Crippen LogP contribution in [0.2, 0.25) is 0 Å². The minimum absolute atomic E-state index is 0.0872. The lowest BCUT2D eigenvalue weighted by atomic mass is 10.1. The third-order valence-electron chi connectivity index (χ3n) is 4.31. The molecule has 1 heterocycles. The summed E-state index contributed by atoms with van der Waals surface area (Å²) in [5.41, 5.74) is 4.96. The van der Waals surface area contributed by atoms with E-state index in [1.54, 1.807) is 5.32 Å². The molecule has 0 aliphatic rings. The molecule has 10 nitrogen and oxygen atoms in total. The highest BCUT2D eigenvalue weighted by atomic mass is 32.1. The first-order valence-corrected chi connectivity index (χ1v) is 11.4. The average molecular weight is 573 g/mol. The Morgan fingerprint density at radius 2 is 1.89 bits per heavy atom. The number of anilines is 1. The number of hydrogen-bond acceptors (Lipinski definition) is 9. The van der Waals surface area contributed by atoms with Gasteiger partial charge in [0.2, 0.25) is 11.0 Å². The van der Waals surface area contributed by atoms with Gasteiger partial charge in [0.05, 0.1) is 13.0 Å². The van der Waals surface area contributed by atoms with Crippen LogP contribution < -0.4 is 26.9 Å². The summed E-state index contributed by atoms with van der Waals surface area (Å²) in [4.78, 5) is 23.7. The van der Waals surface area contributed by atoms with Crippen LogP contribution in [-0.4, -0.2) is 58.8 Å². The number of rotatable bonds is 12. The Morgan fingerprint density at radius 1 is 1.18 bits per heavy atom. The summed E-state index contributed by atoms with van der Waals surface area (Å²) >= 11 is 0.950. The molecule has 0 aliphatic heterocycles. The first-order valence-electron chi connectivity index (χ1n) is 10.5. The van der Waals surface area contributed by atoms with Gasteiger partial charge in [-0.15, -0.1) is 23.4 Å². The Balaban J connectivity index is 1.79. The molecule has 18 heteroatoms. The average Bonchev–Trinajstić information content (AvgIpc) is 3.21. The molecule has 210 valence electrons. The van der Waals surface area contributed by atoms with Crippen LogP contribution in [0.3, 0.4) is 0 Å². The number of benzene rings is 1. The predicted octanol–water partition coefficient (Wildman–Crippen LogP) is 2.54. The van der Waals surface area contributed by atoms with Crippen LogP contribution in [0.4, 0.5) is 35.9 Å². The van der Waals surface area contributed by atoms with Gasteiger partial charge in [-0.05, 0) is 24.1 Å². The van der Waals surface area contributed by atoms with Gasteiger partial charge in [-0.25, -0.2) is 10.2 Å². The second-order valence-electron chi connectivity index (χ2n) is 7.64. The fourth-order valence-electron chi connectivity index (χ4n) is 2.78.